The number of hydrogen-bond acceptors (Lipinski definition) is 2. The van der Waals surface area contributed by atoms with Gasteiger partial charge in [-0.25, -0.2) is 4.39 Å². The molecule has 0 atom stereocenters. The highest BCUT2D eigenvalue weighted by Crippen LogP contribution is 2.29. The molecule has 0 spiro atoms. The highest BCUT2D eigenvalue weighted by atomic mass is 19.1. The smallest absolute Gasteiger partial charge is 0.251 e. The summed E-state index contributed by atoms with van der Waals surface area (Å²) in [6, 6.07) is 12.0. The molecule has 0 unspecified atom stereocenters. The topological polar surface area (TPSA) is 65.2 Å². The van der Waals surface area contributed by atoms with Gasteiger partial charge in [0.1, 0.15) is 5.82 Å². The summed E-state index contributed by atoms with van der Waals surface area (Å²) in [5.41, 5.74) is 4.40. The number of benzene rings is 2. The molecule has 0 bridgehead atoms. The molecule has 0 saturated carbocycles. The molecule has 2 N–H and O–H groups in total. The third-order valence-corrected chi connectivity index (χ3v) is 5.34. The maximum absolute atomic E-state index is 13.4. The van der Waals surface area contributed by atoms with E-state index < -0.39 is 0 Å². The van der Waals surface area contributed by atoms with Crippen molar-refractivity contribution in [3.8, 4) is 0 Å². The van der Waals surface area contributed by atoms with Gasteiger partial charge in [-0.2, -0.15) is 0 Å². The zero-order valence-corrected chi connectivity index (χ0v) is 16.2. The SMILES string of the molecule is Cc1ccccc1C(=O)NCC(=O)N1CC=C(c2c[nH]c3cc(F)ccc23)CC1. The first-order valence-corrected chi connectivity index (χ1v) is 9.60. The average Bonchev–Trinajstić information content (AvgIpc) is 3.15. The van der Waals surface area contributed by atoms with Crippen molar-refractivity contribution in [1.82, 2.24) is 15.2 Å². The van der Waals surface area contributed by atoms with Crippen LogP contribution in [0.4, 0.5) is 4.39 Å². The maximum atomic E-state index is 13.4. The summed E-state index contributed by atoms with van der Waals surface area (Å²) in [5, 5.41) is 3.69. The summed E-state index contributed by atoms with van der Waals surface area (Å²) in [6.45, 7) is 2.91. The molecule has 4 rings (SSSR count). The van der Waals surface area contributed by atoms with Crippen LogP contribution in [0.3, 0.4) is 0 Å². The molecule has 0 radical (unpaired) electrons. The molecule has 0 fully saturated rings. The van der Waals surface area contributed by atoms with Crippen molar-refractivity contribution in [3.05, 3.63) is 77.2 Å². The molecule has 2 heterocycles. The number of aryl methyl sites for hydroxylation is 1. The van der Waals surface area contributed by atoms with Crippen LogP contribution >= 0.6 is 0 Å². The molecule has 3 aromatic rings. The van der Waals surface area contributed by atoms with Gasteiger partial charge >= 0.3 is 0 Å². The fraction of sp³-hybridized carbons (Fsp3) is 0.217. The van der Waals surface area contributed by atoms with Crippen LogP contribution in [0.2, 0.25) is 0 Å². The zero-order valence-electron chi connectivity index (χ0n) is 16.2. The van der Waals surface area contributed by atoms with Crippen molar-refractivity contribution in [2.24, 2.45) is 0 Å². The minimum absolute atomic E-state index is 0.0251. The van der Waals surface area contributed by atoms with Gasteiger partial charge in [0.15, 0.2) is 0 Å². The highest BCUT2D eigenvalue weighted by molar-refractivity contribution is 5.98. The van der Waals surface area contributed by atoms with Crippen LogP contribution < -0.4 is 5.32 Å². The molecule has 5 nitrogen and oxygen atoms in total. The normalized spacial score (nSPS) is 14.0. The number of carbonyl (C=O) groups is 2. The Hall–Kier alpha value is -3.41. The van der Waals surface area contributed by atoms with E-state index in [1.54, 1.807) is 23.1 Å². The lowest BCUT2D eigenvalue weighted by Gasteiger charge is -2.26. The van der Waals surface area contributed by atoms with Crippen molar-refractivity contribution in [1.29, 1.82) is 0 Å². The molecule has 2 amide bonds. The number of amides is 2. The predicted molar refractivity (Wildman–Crippen MR) is 111 cm³/mol. The zero-order chi connectivity index (χ0) is 20.4. The second-order valence-electron chi connectivity index (χ2n) is 7.21. The molecule has 1 aliphatic rings. The number of aromatic amines is 1. The van der Waals surface area contributed by atoms with Crippen LogP contribution in [0.1, 0.15) is 27.9 Å². The van der Waals surface area contributed by atoms with E-state index in [-0.39, 0.29) is 24.2 Å². The van der Waals surface area contributed by atoms with Gasteiger partial charge in [-0.15, -0.1) is 0 Å². The molecule has 0 aliphatic carbocycles. The number of carbonyl (C=O) groups excluding carboxylic acids is 2. The van der Waals surface area contributed by atoms with Crippen molar-refractivity contribution < 1.29 is 14.0 Å². The first-order valence-electron chi connectivity index (χ1n) is 9.60. The number of rotatable bonds is 4. The van der Waals surface area contributed by atoms with Crippen LogP contribution in [0.15, 0.2) is 54.7 Å². The number of hydrogen-bond donors (Lipinski definition) is 2. The van der Waals surface area contributed by atoms with Gasteiger partial charge in [0, 0.05) is 41.3 Å². The lowest BCUT2D eigenvalue weighted by molar-refractivity contribution is -0.129. The Kier molecular flexibility index (Phi) is 5.16. The minimum Gasteiger partial charge on any atom is -0.360 e. The minimum atomic E-state index is -0.270. The fourth-order valence-electron chi connectivity index (χ4n) is 3.69. The molecule has 29 heavy (non-hydrogen) atoms. The van der Waals surface area contributed by atoms with Gasteiger partial charge in [0.2, 0.25) is 5.91 Å². The van der Waals surface area contributed by atoms with Gasteiger partial charge in [0.25, 0.3) is 5.91 Å². The van der Waals surface area contributed by atoms with E-state index in [0.717, 1.165) is 27.6 Å². The Balaban J connectivity index is 1.38. The van der Waals surface area contributed by atoms with Crippen molar-refractivity contribution in [3.63, 3.8) is 0 Å². The summed E-state index contributed by atoms with van der Waals surface area (Å²) < 4.78 is 13.4. The van der Waals surface area contributed by atoms with Crippen LogP contribution in [0.5, 0.6) is 0 Å². The van der Waals surface area contributed by atoms with Crippen LogP contribution in [0.25, 0.3) is 16.5 Å². The lowest BCUT2D eigenvalue weighted by atomic mass is 9.99. The first kappa shape index (κ1) is 18.9. The Morgan fingerprint density at radius 2 is 2.03 bits per heavy atom. The fourth-order valence-corrected chi connectivity index (χ4v) is 3.69. The largest absolute Gasteiger partial charge is 0.360 e. The van der Waals surface area contributed by atoms with Gasteiger partial charge in [-0.05, 0) is 48.7 Å². The Bertz CT molecular complexity index is 1120. The molecule has 2 aromatic carbocycles. The lowest BCUT2D eigenvalue weighted by Crippen LogP contribution is -2.42. The number of aromatic nitrogens is 1. The van der Waals surface area contributed by atoms with E-state index in [4.69, 9.17) is 0 Å². The number of nitrogens with one attached hydrogen (secondary N) is 2. The first-order chi connectivity index (χ1) is 14.0. The van der Waals surface area contributed by atoms with E-state index in [1.165, 1.54) is 12.1 Å². The van der Waals surface area contributed by atoms with Gasteiger partial charge in [-0.3, -0.25) is 9.59 Å². The third kappa shape index (κ3) is 3.92. The average molecular weight is 391 g/mol. The van der Waals surface area contributed by atoms with E-state index in [1.807, 2.05) is 31.3 Å². The molecular formula is C23H22FN3O2. The molecule has 0 saturated heterocycles. The standard InChI is InChI=1S/C23H22FN3O2/c1-15-4-2-3-5-18(15)23(29)26-14-22(28)27-10-8-16(9-11-27)20-13-25-21-12-17(24)6-7-19(20)21/h2-8,12-13,25H,9-11,14H2,1H3,(H,26,29). The number of H-pyrrole nitrogens is 1. The van der Waals surface area contributed by atoms with Gasteiger partial charge in [-0.1, -0.05) is 24.3 Å². The second-order valence-corrected chi connectivity index (χ2v) is 7.21. The second kappa shape index (κ2) is 7.91. The molecule has 1 aliphatic heterocycles. The number of fused-ring (bicyclic) bond motifs is 1. The van der Waals surface area contributed by atoms with Crippen LogP contribution in [-0.4, -0.2) is 41.3 Å². The Morgan fingerprint density at radius 3 is 2.79 bits per heavy atom. The van der Waals surface area contributed by atoms with Gasteiger partial charge < -0.3 is 15.2 Å². The van der Waals surface area contributed by atoms with E-state index in [9.17, 15) is 14.0 Å². The highest BCUT2D eigenvalue weighted by Gasteiger charge is 2.20. The molecular weight excluding hydrogens is 369 g/mol. The van der Waals surface area contributed by atoms with E-state index >= 15 is 0 Å². The van der Waals surface area contributed by atoms with Crippen LogP contribution in [0, 0.1) is 12.7 Å². The number of nitrogens with zero attached hydrogens (tertiary/aromatic N) is 1. The van der Waals surface area contributed by atoms with Crippen molar-refractivity contribution in [2.75, 3.05) is 19.6 Å². The summed E-state index contributed by atoms with van der Waals surface area (Å²) in [6.07, 6.45) is 4.62. The van der Waals surface area contributed by atoms with E-state index in [2.05, 4.69) is 10.3 Å². The number of halogens is 1. The summed E-state index contributed by atoms with van der Waals surface area (Å²) in [4.78, 5) is 29.6. The summed E-state index contributed by atoms with van der Waals surface area (Å²) >= 11 is 0. The predicted octanol–water partition coefficient (Wildman–Crippen LogP) is 3.66. The molecule has 1 aromatic heterocycles. The van der Waals surface area contributed by atoms with Gasteiger partial charge in [0.05, 0.1) is 6.54 Å². The monoisotopic (exact) mass is 391 g/mol. The van der Waals surface area contributed by atoms with Crippen molar-refractivity contribution in [2.45, 2.75) is 13.3 Å². The maximum Gasteiger partial charge on any atom is 0.251 e. The quantitative estimate of drug-likeness (QED) is 0.713. The molecule has 148 valence electrons. The van der Waals surface area contributed by atoms with Crippen molar-refractivity contribution >= 4 is 28.3 Å². The summed E-state index contributed by atoms with van der Waals surface area (Å²) in [7, 11) is 0. The van der Waals surface area contributed by atoms with Crippen LogP contribution in [-0.2, 0) is 4.79 Å². The third-order valence-electron chi connectivity index (χ3n) is 5.34. The Labute approximate surface area is 168 Å². The molecule has 6 heteroatoms. The van der Waals surface area contributed by atoms with E-state index in [0.29, 0.717) is 25.1 Å². The summed E-state index contributed by atoms with van der Waals surface area (Å²) in [5.74, 6) is -0.619. The Morgan fingerprint density at radius 1 is 1.21 bits per heavy atom.